The van der Waals surface area contributed by atoms with Gasteiger partial charge < -0.3 is 10.6 Å². The molecule has 6 nitrogen and oxygen atoms in total. The van der Waals surface area contributed by atoms with Crippen molar-refractivity contribution in [3.63, 3.8) is 0 Å². The van der Waals surface area contributed by atoms with Crippen molar-refractivity contribution in [1.82, 2.24) is 4.98 Å². The van der Waals surface area contributed by atoms with E-state index in [4.69, 9.17) is 0 Å². The van der Waals surface area contributed by atoms with Crippen molar-refractivity contribution in [2.45, 2.75) is 13.3 Å². The zero-order chi connectivity index (χ0) is 15.9. The Labute approximate surface area is 127 Å². The van der Waals surface area contributed by atoms with Crippen LogP contribution in [0.5, 0.6) is 0 Å². The fraction of sp³-hybridized carbons (Fsp3) is 0.125. The summed E-state index contributed by atoms with van der Waals surface area (Å²) >= 11 is 0. The number of hydrogen-bond acceptors (Lipinski definition) is 4. The highest BCUT2D eigenvalue weighted by atomic mass is 16.2. The van der Waals surface area contributed by atoms with E-state index in [2.05, 4.69) is 15.6 Å². The highest BCUT2D eigenvalue weighted by Crippen LogP contribution is 2.14. The first-order chi connectivity index (χ1) is 10.5. The lowest BCUT2D eigenvalue weighted by Gasteiger charge is -2.07. The summed E-state index contributed by atoms with van der Waals surface area (Å²) in [5.41, 5.74) is 1.62. The van der Waals surface area contributed by atoms with Gasteiger partial charge in [0.15, 0.2) is 0 Å². The van der Waals surface area contributed by atoms with E-state index in [1.165, 1.54) is 13.1 Å². The Morgan fingerprint density at radius 3 is 2.18 bits per heavy atom. The van der Waals surface area contributed by atoms with Crippen LogP contribution in [0.25, 0.3) is 0 Å². The molecule has 0 unspecified atom stereocenters. The summed E-state index contributed by atoms with van der Waals surface area (Å²) in [6.45, 7) is 1.36. The van der Waals surface area contributed by atoms with Crippen molar-refractivity contribution in [1.29, 1.82) is 0 Å². The Hall–Kier alpha value is -3.02. The average Bonchev–Trinajstić information content (AvgIpc) is 2.49. The molecule has 0 spiro atoms. The molecule has 2 rings (SSSR count). The molecule has 0 aliphatic rings. The van der Waals surface area contributed by atoms with Crippen molar-refractivity contribution in [2.24, 2.45) is 0 Å². The predicted molar refractivity (Wildman–Crippen MR) is 82.6 cm³/mol. The molecule has 2 aromatic rings. The number of nitrogens with zero attached hydrogens (tertiary/aromatic N) is 1. The summed E-state index contributed by atoms with van der Waals surface area (Å²) in [4.78, 5) is 38.1. The number of carbonyl (C=O) groups is 3. The Kier molecular flexibility index (Phi) is 4.98. The molecule has 0 bridgehead atoms. The minimum absolute atomic E-state index is 0.153. The fourth-order valence-electron chi connectivity index (χ4n) is 1.77. The standard InChI is InChI=1S/C16H15N3O3/c1-11(20)9-15(21)18-13-4-6-14(7-5-13)19-16(22)12-3-2-8-17-10-12/h2-8,10H,9H2,1H3,(H,18,21)(H,19,22). The number of ketones is 1. The third kappa shape index (κ3) is 4.52. The topological polar surface area (TPSA) is 88.2 Å². The number of carbonyl (C=O) groups excluding carboxylic acids is 3. The van der Waals surface area contributed by atoms with E-state index in [1.807, 2.05) is 0 Å². The maximum atomic E-state index is 11.9. The first-order valence-corrected chi connectivity index (χ1v) is 6.65. The molecule has 112 valence electrons. The zero-order valence-corrected chi connectivity index (χ0v) is 12.0. The number of aromatic nitrogens is 1. The minimum Gasteiger partial charge on any atom is -0.326 e. The molecule has 2 N–H and O–H groups in total. The lowest BCUT2D eigenvalue weighted by Crippen LogP contribution is -2.15. The Balaban J connectivity index is 1.96. The van der Waals surface area contributed by atoms with Crippen molar-refractivity contribution >= 4 is 29.0 Å². The van der Waals surface area contributed by atoms with Gasteiger partial charge in [-0.2, -0.15) is 0 Å². The summed E-state index contributed by atoms with van der Waals surface area (Å²) in [7, 11) is 0. The van der Waals surface area contributed by atoms with Crippen LogP contribution >= 0.6 is 0 Å². The predicted octanol–water partition coefficient (Wildman–Crippen LogP) is 2.25. The highest BCUT2D eigenvalue weighted by molar-refractivity contribution is 6.05. The number of anilines is 2. The van der Waals surface area contributed by atoms with Gasteiger partial charge in [-0.1, -0.05) is 0 Å². The second kappa shape index (κ2) is 7.12. The molecule has 0 saturated heterocycles. The van der Waals surface area contributed by atoms with Crippen LogP contribution in [0.15, 0.2) is 48.8 Å². The third-order valence-corrected chi connectivity index (χ3v) is 2.76. The highest BCUT2D eigenvalue weighted by Gasteiger charge is 2.07. The third-order valence-electron chi connectivity index (χ3n) is 2.76. The summed E-state index contributed by atoms with van der Waals surface area (Å²) in [6.07, 6.45) is 2.92. The Morgan fingerprint density at radius 1 is 1.00 bits per heavy atom. The SMILES string of the molecule is CC(=O)CC(=O)Nc1ccc(NC(=O)c2cccnc2)cc1. The van der Waals surface area contributed by atoms with Gasteiger partial charge in [0.25, 0.3) is 5.91 Å². The number of nitrogens with one attached hydrogen (secondary N) is 2. The molecule has 0 atom stereocenters. The van der Waals surface area contributed by atoms with Gasteiger partial charge in [-0.05, 0) is 43.3 Å². The molecule has 0 radical (unpaired) electrons. The molecule has 1 heterocycles. The summed E-state index contributed by atoms with van der Waals surface area (Å²) in [5.74, 6) is -0.820. The number of rotatable bonds is 5. The van der Waals surface area contributed by atoms with Crippen LogP contribution in [-0.4, -0.2) is 22.6 Å². The molecule has 0 fully saturated rings. The molecule has 6 heteroatoms. The lowest BCUT2D eigenvalue weighted by molar-refractivity contribution is -0.124. The van der Waals surface area contributed by atoms with Gasteiger partial charge >= 0.3 is 0 Å². The van der Waals surface area contributed by atoms with Crippen molar-refractivity contribution < 1.29 is 14.4 Å². The molecule has 2 amide bonds. The maximum Gasteiger partial charge on any atom is 0.257 e. The second-order valence-corrected chi connectivity index (χ2v) is 4.70. The largest absolute Gasteiger partial charge is 0.326 e. The van der Waals surface area contributed by atoms with Crippen LogP contribution in [0.2, 0.25) is 0 Å². The van der Waals surface area contributed by atoms with E-state index in [-0.39, 0.29) is 24.0 Å². The van der Waals surface area contributed by atoms with E-state index in [1.54, 1.807) is 42.6 Å². The van der Waals surface area contributed by atoms with Crippen molar-refractivity contribution in [3.05, 3.63) is 54.4 Å². The first-order valence-electron chi connectivity index (χ1n) is 6.65. The molecule has 0 aliphatic heterocycles. The Bertz CT molecular complexity index is 682. The normalized spacial score (nSPS) is 9.86. The van der Waals surface area contributed by atoms with E-state index in [0.29, 0.717) is 16.9 Å². The van der Waals surface area contributed by atoms with Crippen LogP contribution in [0.3, 0.4) is 0 Å². The number of amides is 2. The monoisotopic (exact) mass is 297 g/mol. The minimum atomic E-state index is -0.361. The van der Waals surface area contributed by atoms with Crippen LogP contribution < -0.4 is 10.6 Å². The van der Waals surface area contributed by atoms with Gasteiger partial charge in [-0.15, -0.1) is 0 Å². The molecule has 1 aromatic heterocycles. The molecular formula is C16H15N3O3. The number of benzene rings is 1. The molecule has 1 aromatic carbocycles. The zero-order valence-electron chi connectivity index (χ0n) is 12.0. The van der Waals surface area contributed by atoms with Crippen LogP contribution in [0.4, 0.5) is 11.4 Å². The maximum absolute atomic E-state index is 11.9. The average molecular weight is 297 g/mol. The second-order valence-electron chi connectivity index (χ2n) is 4.70. The number of Topliss-reactive ketones (excluding diaryl/α,β-unsaturated/α-hetero) is 1. The van der Waals surface area contributed by atoms with Gasteiger partial charge in [0.1, 0.15) is 5.78 Å². The van der Waals surface area contributed by atoms with Gasteiger partial charge in [0.2, 0.25) is 5.91 Å². The molecule has 22 heavy (non-hydrogen) atoms. The van der Waals surface area contributed by atoms with Crippen LogP contribution in [0, 0.1) is 0 Å². The van der Waals surface area contributed by atoms with E-state index in [0.717, 1.165) is 0 Å². The van der Waals surface area contributed by atoms with Crippen molar-refractivity contribution in [3.8, 4) is 0 Å². The quantitative estimate of drug-likeness (QED) is 0.828. The Morgan fingerprint density at radius 2 is 1.64 bits per heavy atom. The smallest absolute Gasteiger partial charge is 0.257 e. The number of pyridine rings is 1. The summed E-state index contributed by atoms with van der Waals surface area (Å²) < 4.78 is 0. The molecule has 0 aliphatic carbocycles. The van der Waals surface area contributed by atoms with Crippen molar-refractivity contribution in [2.75, 3.05) is 10.6 Å². The number of hydrogen-bond donors (Lipinski definition) is 2. The van der Waals surface area contributed by atoms with E-state index >= 15 is 0 Å². The van der Waals surface area contributed by atoms with E-state index < -0.39 is 0 Å². The van der Waals surface area contributed by atoms with Gasteiger partial charge in [0.05, 0.1) is 12.0 Å². The van der Waals surface area contributed by atoms with Crippen LogP contribution in [0.1, 0.15) is 23.7 Å². The van der Waals surface area contributed by atoms with Gasteiger partial charge in [-0.3, -0.25) is 19.4 Å². The molecular weight excluding hydrogens is 282 g/mol. The first kappa shape index (κ1) is 15.4. The van der Waals surface area contributed by atoms with Gasteiger partial charge in [-0.25, -0.2) is 0 Å². The lowest BCUT2D eigenvalue weighted by atomic mass is 10.2. The summed E-state index contributed by atoms with van der Waals surface area (Å²) in [5, 5.41) is 5.33. The van der Waals surface area contributed by atoms with E-state index in [9.17, 15) is 14.4 Å². The van der Waals surface area contributed by atoms with Gasteiger partial charge in [0, 0.05) is 23.8 Å². The summed E-state index contributed by atoms with van der Waals surface area (Å²) in [6, 6.07) is 9.98. The molecule has 0 saturated carbocycles. The fourth-order valence-corrected chi connectivity index (χ4v) is 1.77. The van der Waals surface area contributed by atoms with Crippen LogP contribution in [-0.2, 0) is 9.59 Å².